The summed E-state index contributed by atoms with van der Waals surface area (Å²) in [5, 5.41) is 10.4. The minimum Gasteiger partial charge on any atom is -0.341 e. The van der Waals surface area contributed by atoms with Gasteiger partial charge in [-0.25, -0.2) is 0 Å². The summed E-state index contributed by atoms with van der Waals surface area (Å²) in [6.45, 7) is 10.5. The lowest BCUT2D eigenvalue weighted by atomic mass is 9.74. The van der Waals surface area contributed by atoms with Crippen LogP contribution in [0, 0.1) is 11.3 Å². The molecule has 1 atom stereocenters. The first-order valence-electron chi connectivity index (χ1n) is 9.77. The van der Waals surface area contributed by atoms with E-state index in [9.17, 15) is 5.26 Å². The summed E-state index contributed by atoms with van der Waals surface area (Å²) < 4.78 is 0. The summed E-state index contributed by atoms with van der Waals surface area (Å²) in [4.78, 5) is 4.78. The molecule has 0 saturated heterocycles. The molecule has 2 aromatic rings. The fourth-order valence-corrected chi connectivity index (χ4v) is 4.20. The molecule has 1 heterocycles. The predicted molar refractivity (Wildman–Crippen MR) is 109 cm³/mol. The third kappa shape index (κ3) is 3.22. The van der Waals surface area contributed by atoms with Crippen LogP contribution in [-0.4, -0.2) is 31.1 Å². The second-order valence-corrected chi connectivity index (χ2v) is 7.04. The highest BCUT2D eigenvalue weighted by Crippen LogP contribution is 2.45. The third-order valence-corrected chi connectivity index (χ3v) is 5.76. The maximum Gasteiger partial charge on any atom is 0.0895 e. The van der Waals surface area contributed by atoms with Crippen LogP contribution in [0.15, 0.2) is 48.5 Å². The molecule has 1 aliphatic rings. The van der Waals surface area contributed by atoms with Gasteiger partial charge in [0.25, 0.3) is 0 Å². The third-order valence-electron chi connectivity index (χ3n) is 5.76. The van der Waals surface area contributed by atoms with Crippen LogP contribution in [0.3, 0.4) is 0 Å². The average molecular weight is 348 g/mol. The van der Waals surface area contributed by atoms with E-state index in [4.69, 9.17) is 0 Å². The van der Waals surface area contributed by atoms with E-state index in [0.29, 0.717) is 0 Å². The summed E-state index contributed by atoms with van der Waals surface area (Å²) in [6, 6.07) is 19.8. The van der Waals surface area contributed by atoms with Crippen LogP contribution >= 0.6 is 0 Å². The van der Waals surface area contributed by atoms with Gasteiger partial charge in [0, 0.05) is 17.9 Å². The molecule has 3 nitrogen and oxygen atoms in total. The summed E-state index contributed by atoms with van der Waals surface area (Å²) >= 11 is 0. The van der Waals surface area contributed by atoms with Crippen molar-refractivity contribution in [1.82, 2.24) is 4.90 Å². The van der Waals surface area contributed by atoms with Gasteiger partial charge in [0.05, 0.1) is 11.5 Å². The molecule has 26 heavy (non-hydrogen) atoms. The Hall–Kier alpha value is -2.31. The van der Waals surface area contributed by atoms with Crippen LogP contribution in [0.2, 0.25) is 0 Å². The first-order valence-corrected chi connectivity index (χ1v) is 9.77. The molecule has 3 rings (SSSR count). The molecule has 1 unspecified atom stereocenters. The van der Waals surface area contributed by atoms with E-state index < -0.39 is 5.41 Å². The van der Waals surface area contributed by atoms with E-state index in [-0.39, 0.29) is 0 Å². The van der Waals surface area contributed by atoms with Gasteiger partial charge in [-0.05, 0) is 62.7 Å². The Kier molecular flexibility index (Phi) is 5.64. The van der Waals surface area contributed by atoms with E-state index in [0.717, 1.165) is 39.0 Å². The normalized spacial score (nSPS) is 18.8. The predicted octanol–water partition coefficient (Wildman–Crippen LogP) is 4.89. The van der Waals surface area contributed by atoms with Crippen LogP contribution in [-0.2, 0) is 11.8 Å². The van der Waals surface area contributed by atoms with Crippen LogP contribution in [0.5, 0.6) is 0 Å². The smallest absolute Gasteiger partial charge is 0.0895 e. The summed E-state index contributed by atoms with van der Waals surface area (Å²) in [5.41, 5.74) is 4.38. The lowest BCUT2D eigenvalue weighted by Crippen LogP contribution is -2.34. The molecule has 0 spiro atoms. The SMILES string of the molecule is CCN(CC)CCC1(C#N)Cc2ccccc2N(CC)c2ccccc21. The Morgan fingerprint density at radius 1 is 1.00 bits per heavy atom. The topological polar surface area (TPSA) is 30.3 Å². The quantitative estimate of drug-likeness (QED) is 0.745. The van der Waals surface area contributed by atoms with E-state index in [2.05, 4.69) is 85.2 Å². The largest absolute Gasteiger partial charge is 0.341 e. The lowest BCUT2D eigenvalue weighted by molar-refractivity contribution is 0.275. The molecular weight excluding hydrogens is 318 g/mol. The molecule has 0 fully saturated rings. The molecule has 0 aliphatic carbocycles. The monoisotopic (exact) mass is 347 g/mol. The van der Waals surface area contributed by atoms with E-state index in [1.54, 1.807) is 0 Å². The summed E-state index contributed by atoms with van der Waals surface area (Å²) in [7, 11) is 0. The van der Waals surface area contributed by atoms with Crippen LogP contribution in [0.4, 0.5) is 11.4 Å². The summed E-state index contributed by atoms with van der Waals surface area (Å²) in [5.74, 6) is 0. The van der Waals surface area contributed by atoms with Gasteiger partial charge in [-0.3, -0.25) is 0 Å². The van der Waals surface area contributed by atoms with E-state index in [1.165, 1.54) is 22.5 Å². The van der Waals surface area contributed by atoms with Gasteiger partial charge in [0.1, 0.15) is 0 Å². The van der Waals surface area contributed by atoms with E-state index >= 15 is 0 Å². The van der Waals surface area contributed by atoms with Crippen molar-refractivity contribution >= 4 is 11.4 Å². The molecule has 136 valence electrons. The van der Waals surface area contributed by atoms with Crippen molar-refractivity contribution in [1.29, 1.82) is 5.26 Å². The number of anilines is 2. The molecule has 0 N–H and O–H groups in total. The van der Waals surface area contributed by atoms with Gasteiger partial charge in [-0.1, -0.05) is 50.2 Å². The standard InChI is InChI=1S/C23H29N3/c1-4-25(5-2)16-15-23(18-24)17-19-11-7-9-13-21(19)26(6-3)22-14-10-8-12-20(22)23/h7-14H,4-6,15-17H2,1-3H3. The lowest BCUT2D eigenvalue weighted by Gasteiger charge is -2.31. The molecule has 0 amide bonds. The summed E-state index contributed by atoms with van der Waals surface area (Å²) in [6.07, 6.45) is 1.63. The minimum absolute atomic E-state index is 0.487. The number of nitrogens with zero attached hydrogens (tertiary/aromatic N) is 3. The Morgan fingerprint density at radius 3 is 2.31 bits per heavy atom. The maximum atomic E-state index is 10.4. The number of para-hydroxylation sites is 2. The van der Waals surface area contributed by atoms with Crippen molar-refractivity contribution in [2.75, 3.05) is 31.1 Å². The Labute approximate surface area is 157 Å². The van der Waals surface area contributed by atoms with Gasteiger partial charge >= 0.3 is 0 Å². The fourth-order valence-electron chi connectivity index (χ4n) is 4.20. The Bertz CT molecular complexity index is 788. The zero-order chi connectivity index (χ0) is 18.6. The van der Waals surface area contributed by atoms with Gasteiger partial charge in [0.15, 0.2) is 0 Å². The zero-order valence-electron chi connectivity index (χ0n) is 16.2. The highest BCUT2D eigenvalue weighted by molar-refractivity contribution is 5.73. The van der Waals surface area contributed by atoms with Crippen molar-refractivity contribution in [3.05, 3.63) is 59.7 Å². The van der Waals surface area contributed by atoms with Crippen molar-refractivity contribution in [3.8, 4) is 6.07 Å². The average Bonchev–Trinajstić information content (AvgIpc) is 2.81. The highest BCUT2D eigenvalue weighted by Gasteiger charge is 2.39. The number of fused-ring (bicyclic) bond motifs is 2. The van der Waals surface area contributed by atoms with E-state index in [1.807, 2.05) is 0 Å². The first-order chi connectivity index (χ1) is 12.7. The zero-order valence-corrected chi connectivity index (χ0v) is 16.2. The molecule has 3 heteroatoms. The Morgan fingerprint density at radius 2 is 1.65 bits per heavy atom. The molecule has 2 aromatic carbocycles. The molecule has 0 radical (unpaired) electrons. The number of nitriles is 1. The van der Waals surface area contributed by atoms with Crippen molar-refractivity contribution in [3.63, 3.8) is 0 Å². The second kappa shape index (κ2) is 7.93. The van der Waals surface area contributed by atoms with Gasteiger partial charge in [0.2, 0.25) is 0 Å². The van der Waals surface area contributed by atoms with Crippen molar-refractivity contribution < 1.29 is 0 Å². The van der Waals surface area contributed by atoms with Gasteiger partial charge in [-0.15, -0.1) is 0 Å². The number of rotatable bonds is 6. The molecular formula is C23H29N3. The first kappa shape index (κ1) is 18.5. The van der Waals surface area contributed by atoms with Crippen molar-refractivity contribution in [2.24, 2.45) is 0 Å². The molecule has 0 bridgehead atoms. The van der Waals surface area contributed by atoms with Crippen LogP contribution in [0.25, 0.3) is 0 Å². The minimum atomic E-state index is -0.487. The fraction of sp³-hybridized carbons (Fsp3) is 0.435. The van der Waals surface area contributed by atoms with Gasteiger partial charge < -0.3 is 9.80 Å². The van der Waals surface area contributed by atoms with Crippen molar-refractivity contribution in [2.45, 2.75) is 39.0 Å². The molecule has 1 aliphatic heterocycles. The molecule has 0 saturated carbocycles. The molecule has 0 aromatic heterocycles. The second-order valence-electron chi connectivity index (χ2n) is 7.04. The number of hydrogen-bond donors (Lipinski definition) is 0. The van der Waals surface area contributed by atoms with Crippen LogP contribution < -0.4 is 4.90 Å². The maximum absolute atomic E-state index is 10.4. The number of hydrogen-bond acceptors (Lipinski definition) is 3. The van der Waals surface area contributed by atoms with Gasteiger partial charge in [-0.2, -0.15) is 5.26 Å². The Balaban J connectivity index is 2.13. The highest BCUT2D eigenvalue weighted by atomic mass is 15.1. The number of benzene rings is 2. The van der Waals surface area contributed by atoms with Crippen LogP contribution in [0.1, 0.15) is 38.3 Å².